The van der Waals surface area contributed by atoms with E-state index in [9.17, 15) is 8.42 Å². The minimum absolute atomic E-state index is 0.0209. The summed E-state index contributed by atoms with van der Waals surface area (Å²) in [4.78, 5) is 8.40. The van der Waals surface area contributed by atoms with Crippen LogP contribution in [0.25, 0.3) is 0 Å². The Morgan fingerprint density at radius 3 is 2.52 bits per heavy atom. The van der Waals surface area contributed by atoms with Gasteiger partial charge in [0.1, 0.15) is 5.82 Å². The Morgan fingerprint density at radius 2 is 1.87 bits per heavy atom. The molecule has 6 nitrogen and oxygen atoms in total. The molecule has 0 atom stereocenters. The van der Waals surface area contributed by atoms with Gasteiger partial charge >= 0.3 is 0 Å². The summed E-state index contributed by atoms with van der Waals surface area (Å²) in [6, 6.07) is 7.44. The van der Waals surface area contributed by atoms with Crippen LogP contribution in [0.1, 0.15) is 25.0 Å². The fourth-order valence-electron chi connectivity index (χ4n) is 2.07. The fourth-order valence-corrected chi connectivity index (χ4v) is 2.92. The van der Waals surface area contributed by atoms with Crippen LogP contribution in [0.4, 0.5) is 5.82 Å². The summed E-state index contributed by atoms with van der Waals surface area (Å²) in [5.41, 5.74) is 1.69. The summed E-state index contributed by atoms with van der Waals surface area (Å²) in [5.74, 6) is 1.05. The van der Waals surface area contributed by atoms with Gasteiger partial charge in [0.25, 0.3) is 0 Å². The van der Waals surface area contributed by atoms with Crippen LogP contribution in [0.2, 0.25) is 0 Å². The average Bonchev–Trinajstić information content (AvgIpc) is 2.44. The van der Waals surface area contributed by atoms with Crippen LogP contribution in [-0.2, 0) is 22.1 Å². The van der Waals surface area contributed by atoms with Gasteiger partial charge in [0, 0.05) is 12.8 Å². The molecule has 2 rings (SSSR count). The number of benzene rings is 1. The first-order valence-electron chi connectivity index (χ1n) is 7.30. The molecule has 0 aliphatic rings. The molecule has 2 aromatic rings. The first kappa shape index (κ1) is 17.2. The van der Waals surface area contributed by atoms with Gasteiger partial charge in [-0.15, -0.1) is 0 Å². The largest absolute Gasteiger partial charge is 0.474 e. The number of sulfone groups is 1. The number of rotatable bonds is 7. The van der Waals surface area contributed by atoms with Crippen molar-refractivity contribution in [3.8, 4) is 5.88 Å². The summed E-state index contributed by atoms with van der Waals surface area (Å²) >= 11 is 0. The number of hydrogen-bond donors (Lipinski definition) is 1. The first-order valence-corrected chi connectivity index (χ1v) is 9.36. The molecule has 1 aromatic carbocycles. The van der Waals surface area contributed by atoms with Crippen molar-refractivity contribution in [1.29, 1.82) is 0 Å². The van der Waals surface area contributed by atoms with Gasteiger partial charge in [0.15, 0.2) is 9.84 Å². The van der Waals surface area contributed by atoms with E-state index in [4.69, 9.17) is 4.74 Å². The van der Waals surface area contributed by atoms with Gasteiger partial charge in [-0.1, -0.05) is 24.3 Å². The lowest BCUT2D eigenvalue weighted by molar-refractivity contribution is 0.232. The number of anilines is 1. The molecular formula is C16H21N3O3S. The van der Waals surface area contributed by atoms with E-state index in [0.717, 1.165) is 11.1 Å². The Balaban J connectivity index is 2.09. The molecule has 0 unspecified atom stereocenters. The van der Waals surface area contributed by atoms with Crippen LogP contribution < -0.4 is 10.1 Å². The van der Waals surface area contributed by atoms with Gasteiger partial charge in [-0.3, -0.25) is 4.98 Å². The van der Waals surface area contributed by atoms with Crippen molar-refractivity contribution in [2.24, 2.45) is 0 Å². The molecule has 0 amide bonds. The maximum atomic E-state index is 11.5. The molecule has 1 heterocycles. The Hall–Kier alpha value is -2.15. The molecule has 0 saturated carbocycles. The van der Waals surface area contributed by atoms with Crippen molar-refractivity contribution >= 4 is 15.7 Å². The van der Waals surface area contributed by atoms with E-state index in [2.05, 4.69) is 15.3 Å². The lowest BCUT2D eigenvalue weighted by atomic mass is 10.1. The summed E-state index contributed by atoms with van der Waals surface area (Å²) in [7, 11) is -3.08. The predicted octanol–water partition coefficient (Wildman–Crippen LogP) is 2.42. The molecule has 0 fully saturated rings. The number of nitrogens with one attached hydrogen (secondary N) is 1. The highest BCUT2D eigenvalue weighted by Gasteiger charge is 2.09. The zero-order valence-corrected chi connectivity index (χ0v) is 14.3. The van der Waals surface area contributed by atoms with Gasteiger partial charge in [-0.05, 0) is 25.0 Å². The first-order chi connectivity index (χ1) is 10.8. The molecule has 0 saturated heterocycles. The quantitative estimate of drug-likeness (QED) is 0.837. The van der Waals surface area contributed by atoms with E-state index < -0.39 is 9.84 Å². The van der Waals surface area contributed by atoms with E-state index in [-0.39, 0.29) is 11.9 Å². The Kier molecular flexibility index (Phi) is 5.54. The molecule has 23 heavy (non-hydrogen) atoms. The van der Waals surface area contributed by atoms with Gasteiger partial charge in [-0.2, -0.15) is 4.98 Å². The fraction of sp³-hybridized carbons (Fsp3) is 0.375. The number of ether oxygens (including phenoxy) is 1. The van der Waals surface area contributed by atoms with Crippen molar-refractivity contribution in [2.45, 2.75) is 32.2 Å². The zero-order chi connectivity index (χ0) is 16.9. The summed E-state index contributed by atoms with van der Waals surface area (Å²) in [6.45, 7) is 4.30. The number of hydrogen-bond acceptors (Lipinski definition) is 6. The zero-order valence-electron chi connectivity index (χ0n) is 13.5. The molecule has 1 N–H and O–H groups in total. The average molecular weight is 335 g/mol. The second-order valence-corrected chi connectivity index (χ2v) is 7.74. The van der Waals surface area contributed by atoms with Crippen LogP contribution >= 0.6 is 0 Å². The summed E-state index contributed by atoms with van der Waals surface area (Å²) < 4.78 is 28.5. The van der Waals surface area contributed by atoms with Crippen LogP contribution in [0.15, 0.2) is 36.7 Å². The topological polar surface area (TPSA) is 81.2 Å². The lowest BCUT2D eigenvalue weighted by Gasteiger charge is -2.12. The molecule has 7 heteroatoms. The van der Waals surface area contributed by atoms with Crippen molar-refractivity contribution in [3.63, 3.8) is 0 Å². The van der Waals surface area contributed by atoms with Crippen molar-refractivity contribution in [2.75, 3.05) is 11.6 Å². The highest BCUT2D eigenvalue weighted by Crippen LogP contribution is 2.15. The molecule has 0 aliphatic heterocycles. The third-order valence-electron chi connectivity index (χ3n) is 2.96. The molecule has 0 aliphatic carbocycles. The van der Waals surface area contributed by atoms with Gasteiger partial charge in [0.2, 0.25) is 5.88 Å². The highest BCUT2D eigenvalue weighted by molar-refractivity contribution is 7.89. The third-order valence-corrected chi connectivity index (χ3v) is 3.80. The third kappa shape index (κ3) is 5.86. The smallest absolute Gasteiger partial charge is 0.234 e. The van der Waals surface area contributed by atoms with Crippen molar-refractivity contribution in [3.05, 3.63) is 47.8 Å². The number of nitrogens with zero attached hydrogens (tertiary/aromatic N) is 2. The van der Waals surface area contributed by atoms with Gasteiger partial charge < -0.3 is 10.1 Å². The van der Waals surface area contributed by atoms with E-state index in [1.165, 1.54) is 6.26 Å². The number of aromatic nitrogens is 2. The maximum Gasteiger partial charge on any atom is 0.234 e. The van der Waals surface area contributed by atoms with Crippen LogP contribution in [0, 0.1) is 0 Å². The predicted molar refractivity (Wildman–Crippen MR) is 90.1 cm³/mol. The maximum absolute atomic E-state index is 11.5. The van der Waals surface area contributed by atoms with Crippen molar-refractivity contribution in [1.82, 2.24) is 9.97 Å². The molecule has 124 valence electrons. The van der Waals surface area contributed by atoms with Crippen molar-refractivity contribution < 1.29 is 13.2 Å². The van der Waals surface area contributed by atoms with E-state index in [0.29, 0.717) is 18.2 Å². The molecule has 0 bridgehead atoms. The standard InChI is InChI=1S/C16H21N3O3S/c1-12(2)22-16-10-17-9-15(19-16)18-8-13-6-4-5-7-14(13)11-23(3,20)21/h4-7,9-10,12H,8,11H2,1-3H3,(H,18,19). The second kappa shape index (κ2) is 7.41. The minimum Gasteiger partial charge on any atom is -0.474 e. The normalized spacial score (nSPS) is 11.5. The summed E-state index contributed by atoms with van der Waals surface area (Å²) in [5, 5.41) is 3.15. The second-order valence-electron chi connectivity index (χ2n) is 5.60. The van der Waals surface area contributed by atoms with Crippen LogP contribution in [0.5, 0.6) is 5.88 Å². The minimum atomic E-state index is -3.08. The van der Waals surface area contributed by atoms with E-state index in [1.54, 1.807) is 12.4 Å². The Labute approximate surface area is 136 Å². The van der Waals surface area contributed by atoms with E-state index in [1.807, 2.05) is 38.1 Å². The molecule has 0 spiro atoms. The molecular weight excluding hydrogens is 314 g/mol. The Bertz CT molecular complexity index is 761. The Morgan fingerprint density at radius 1 is 1.17 bits per heavy atom. The van der Waals surface area contributed by atoms with Crippen LogP contribution in [0.3, 0.4) is 0 Å². The highest BCUT2D eigenvalue weighted by atomic mass is 32.2. The van der Waals surface area contributed by atoms with E-state index >= 15 is 0 Å². The van der Waals surface area contributed by atoms with Gasteiger partial charge in [0.05, 0.1) is 24.3 Å². The monoisotopic (exact) mass is 335 g/mol. The summed E-state index contributed by atoms with van der Waals surface area (Å²) in [6.07, 6.45) is 4.42. The van der Waals surface area contributed by atoms with Crippen LogP contribution in [-0.4, -0.2) is 30.7 Å². The SMILES string of the molecule is CC(C)Oc1cncc(NCc2ccccc2CS(C)(=O)=O)n1. The van der Waals surface area contributed by atoms with Gasteiger partial charge in [-0.25, -0.2) is 8.42 Å². The molecule has 0 radical (unpaired) electrons. The lowest BCUT2D eigenvalue weighted by Crippen LogP contribution is -2.10. The molecule has 1 aromatic heterocycles.